The fourth-order valence-corrected chi connectivity index (χ4v) is 15.8. The molecule has 1 aliphatic rings. The lowest BCUT2D eigenvalue weighted by atomic mass is 9.71. The van der Waals surface area contributed by atoms with Crippen LogP contribution in [0.15, 0.2) is 48.6 Å². The van der Waals surface area contributed by atoms with Gasteiger partial charge in [-0.25, -0.2) is 4.79 Å². The van der Waals surface area contributed by atoms with Crippen molar-refractivity contribution in [2.75, 3.05) is 6.61 Å². The molecule has 0 spiro atoms. The number of aryl methyl sites for hydroxylation is 4. The van der Waals surface area contributed by atoms with Gasteiger partial charge < -0.3 is 4.74 Å². The first-order chi connectivity index (χ1) is 32.2. The van der Waals surface area contributed by atoms with Crippen LogP contribution in [0.1, 0.15) is 201 Å². The Morgan fingerprint density at radius 1 is 0.576 bits per heavy atom. The maximum atomic E-state index is 11.6. The largest absolute Gasteiger partial charge is 0.462 e. The van der Waals surface area contributed by atoms with Gasteiger partial charge in [-0.15, -0.1) is 45.3 Å². The van der Waals surface area contributed by atoms with Gasteiger partial charge >= 0.3 is 5.97 Å². The zero-order chi connectivity index (χ0) is 46.5. The normalized spacial score (nSPS) is 12.9. The molecule has 0 fully saturated rings. The number of esters is 1. The lowest BCUT2D eigenvalue weighted by Gasteiger charge is -2.31. The SMILES string of the molecule is C=C(C)C(=O)OCCCCCCCCc1cc(-c2ccc(-c3cc(CCCCCCCC)c(-c4cc5c(s4)-c4sc(C)cc4C5(CCCCCC)CCCCCC)s3)c3nsnc23)sc1C. The van der Waals surface area contributed by atoms with Crippen LogP contribution in [-0.2, 0) is 27.8 Å². The van der Waals surface area contributed by atoms with Gasteiger partial charge in [0, 0.05) is 61.1 Å². The number of ether oxygens (including phenoxy) is 1. The summed E-state index contributed by atoms with van der Waals surface area (Å²) in [7, 11) is 0. The maximum absolute atomic E-state index is 11.6. The smallest absolute Gasteiger partial charge is 0.333 e. The first kappa shape index (κ1) is 50.9. The van der Waals surface area contributed by atoms with Crippen LogP contribution in [-0.4, -0.2) is 21.3 Å². The van der Waals surface area contributed by atoms with Gasteiger partial charge in [0.25, 0.3) is 0 Å². The molecular weight excluding hydrogens is 905 g/mol. The van der Waals surface area contributed by atoms with Crippen molar-refractivity contribution >= 4 is 74.1 Å². The van der Waals surface area contributed by atoms with Crippen LogP contribution in [0.4, 0.5) is 0 Å². The van der Waals surface area contributed by atoms with E-state index in [2.05, 4.69) is 88.9 Å². The van der Waals surface area contributed by atoms with E-state index in [1.807, 2.05) is 34.0 Å². The molecule has 0 saturated heterocycles. The Morgan fingerprint density at radius 3 is 1.70 bits per heavy atom. The highest BCUT2D eigenvalue weighted by Crippen LogP contribution is 2.61. The quantitative estimate of drug-likeness (QED) is 0.0256. The summed E-state index contributed by atoms with van der Waals surface area (Å²) in [6.45, 7) is 17.5. The number of aromatic nitrogens is 2. The third kappa shape index (κ3) is 12.3. The van der Waals surface area contributed by atoms with Gasteiger partial charge in [0.1, 0.15) is 11.0 Å². The van der Waals surface area contributed by atoms with E-state index in [0.717, 1.165) is 36.7 Å². The molecule has 4 nitrogen and oxygen atoms in total. The van der Waals surface area contributed by atoms with Gasteiger partial charge in [0.15, 0.2) is 0 Å². The summed E-state index contributed by atoms with van der Waals surface area (Å²) >= 11 is 9.41. The van der Waals surface area contributed by atoms with Crippen molar-refractivity contribution in [2.24, 2.45) is 0 Å². The Morgan fingerprint density at radius 2 is 1.08 bits per heavy atom. The standard InChI is InChI=1S/C57H76N2O2S5/c1-8-11-14-17-20-24-29-43-37-49(64-53(43)50-38-47-55(65-50)54-46(35-40(6)62-54)57(47,32-25-15-12-9-2)33-26-16-13-10-3)45-31-30-44(51-52(45)59-66-58-51)48-36-42(41(7)63-48)28-23-21-18-19-22-27-34-61-56(60)39(4)5/h30-31,35-38H,4,8-29,32-34H2,1-3,5-7H3. The van der Waals surface area contributed by atoms with Crippen LogP contribution in [0, 0.1) is 13.8 Å². The lowest BCUT2D eigenvalue weighted by Crippen LogP contribution is -2.25. The second kappa shape index (κ2) is 25.1. The first-order valence-corrected chi connectivity index (χ1v) is 29.7. The highest BCUT2D eigenvalue weighted by Gasteiger charge is 2.45. The molecule has 5 aromatic heterocycles. The number of fused-ring (bicyclic) bond motifs is 4. The van der Waals surface area contributed by atoms with Crippen LogP contribution in [0.25, 0.3) is 51.4 Å². The van der Waals surface area contributed by atoms with Crippen LogP contribution in [0.5, 0.6) is 0 Å². The number of rotatable bonds is 30. The second-order valence-electron chi connectivity index (χ2n) is 19.2. The molecule has 66 heavy (non-hydrogen) atoms. The molecule has 0 radical (unpaired) electrons. The van der Waals surface area contributed by atoms with Crippen molar-refractivity contribution in [1.29, 1.82) is 0 Å². The summed E-state index contributed by atoms with van der Waals surface area (Å²) < 4.78 is 15.3. The van der Waals surface area contributed by atoms with E-state index in [4.69, 9.17) is 13.5 Å². The molecule has 0 bridgehead atoms. The number of nitrogens with zero attached hydrogens (tertiary/aromatic N) is 2. The van der Waals surface area contributed by atoms with Gasteiger partial charge in [0.05, 0.1) is 18.3 Å². The van der Waals surface area contributed by atoms with Crippen molar-refractivity contribution in [3.63, 3.8) is 0 Å². The molecule has 1 aromatic carbocycles. The lowest BCUT2D eigenvalue weighted by molar-refractivity contribution is -0.139. The summed E-state index contributed by atoms with van der Waals surface area (Å²) in [6, 6.07) is 14.9. The molecule has 0 saturated carbocycles. The molecule has 6 aromatic rings. The zero-order valence-corrected chi connectivity index (χ0v) is 45.2. The van der Waals surface area contributed by atoms with Gasteiger partial charge in [-0.05, 0) is 112 Å². The Kier molecular flexibility index (Phi) is 19.3. The molecule has 0 N–H and O–H groups in total. The summed E-state index contributed by atoms with van der Waals surface area (Å²) in [5, 5.41) is 0. The minimum atomic E-state index is -0.278. The number of hydrogen-bond acceptors (Lipinski definition) is 9. The number of hydrogen-bond donors (Lipinski definition) is 0. The van der Waals surface area contributed by atoms with Crippen LogP contribution >= 0.6 is 57.1 Å². The predicted octanol–water partition coefficient (Wildman–Crippen LogP) is 19.7. The molecule has 0 atom stereocenters. The Balaban J connectivity index is 1.13. The predicted molar refractivity (Wildman–Crippen MR) is 293 cm³/mol. The minimum Gasteiger partial charge on any atom is -0.462 e. The van der Waals surface area contributed by atoms with Crippen molar-refractivity contribution < 1.29 is 9.53 Å². The summed E-state index contributed by atoms with van der Waals surface area (Å²) in [4.78, 5) is 23.2. The van der Waals surface area contributed by atoms with Crippen LogP contribution in [0.3, 0.4) is 0 Å². The third-order valence-corrected chi connectivity index (χ3v) is 19.4. The summed E-state index contributed by atoms with van der Waals surface area (Å²) in [5.74, 6) is -0.278. The number of benzene rings is 1. The molecular formula is C57H76N2O2S5. The van der Waals surface area contributed by atoms with E-state index in [-0.39, 0.29) is 11.4 Å². The van der Waals surface area contributed by atoms with Crippen molar-refractivity contribution in [3.05, 3.63) is 80.6 Å². The van der Waals surface area contributed by atoms with Gasteiger partial charge in [-0.2, -0.15) is 8.75 Å². The zero-order valence-electron chi connectivity index (χ0n) is 41.1. The maximum Gasteiger partial charge on any atom is 0.333 e. The summed E-state index contributed by atoms with van der Waals surface area (Å²) in [5.41, 5.74) is 11.4. The van der Waals surface area contributed by atoms with Crippen molar-refractivity contribution in [2.45, 2.75) is 201 Å². The van der Waals surface area contributed by atoms with E-state index >= 15 is 0 Å². The Bertz CT molecular complexity index is 2480. The number of carbonyl (C=O) groups excluding carboxylic acids is 1. The van der Waals surface area contributed by atoms with E-state index in [0.29, 0.717) is 12.2 Å². The number of carbonyl (C=O) groups is 1. The van der Waals surface area contributed by atoms with E-state index in [1.165, 1.54) is 192 Å². The fourth-order valence-electron chi connectivity index (χ4n) is 10.2. The monoisotopic (exact) mass is 980 g/mol. The van der Waals surface area contributed by atoms with Crippen LogP contribution in [0.2, 0.25) is 0 Å². The van der Waals surface area contributed by atoms with Gasteiger partial charge in [0.2, 0.25) is 0 Å². The van der Waals surface area contributed by atoms with E-state index in [1.54, 1.807) is 27.8 Å². The Labute approximate surface area is 418 Å². The molecule has 9 heteroatoms. The molecule has 7 rings (SSSR count). The number of unbranched alkanes of at least 4 members (excludes halogenated alkanes) is 16. The molecule has 0 amide bonds. The van der Waals surface area contributed by atoms with Crippen molar-refractivity contribution in [3.8, 4) is 40.4 Å². The average molecular weight is 982 g/mol. The average Bonchev–Trinajstić information content (AvgIpc) is 4.18. The minimum absolute atomic E-state index is 0.143. The molecule has 0 unspecified atom stereocenters. The highest BCUT2D eigenvalue weighted by atomic mass is 32.1. The first-order valence-electron chi connectivity index (χ1n) is 25.8. The molecule has 356 valence electrons. The second-order valence-corrected chi connectivity index (χ2v) is 24.4. The topological polar surface area (TPSA) is 52.1 Å². The van der Waals surface area contributed by atoms with E-state index < -0.39 is 0 Å². The van der Waals surface area contributed by atoms with Gasteiger partial charge in [-0.3, -0.25) is 0 Å². The summed E-state index contributed by atoms with van der Waals surface area (Å²) in [6.07, 6.45) is 30.0. The third-order valence-electron chi connectivity index (χ3n) is 14.0. The Hall–Kier alpha value is -2.95. The van der Waals surface area contributed by atoms with E-state index in [9.17, 15) is 4.79 Å². The van der Waals surface area contributed by atoms with Crippen molar-refractivity contribution in [1.82, 2.24) is 8.75 Å². The molecule has 0 aliphatic heterocycles. The molecule has 1 aliphatic carbocycles. The van der Waals surface area contributed by atoms with Gasteiger partial charge in [-0.1, -0.05) is 149 Å². The highest BCUT2D eigenvalue weighted by molar-refractivity contribution is 7.27. The van der Waals surface area contributed by atoms with Crippen LogP contribution < -0.4 is 0 Å². The fraction of sp³-hybridized carbons (Fsp3) is 0.561. The number of thiophene rings is 4. The molecule has 5 heterocycles.